The number of hydrogen-bond donors (Lipinski definition) is 1. The number of sulfone groups is 1. The van der Waals surface area contributed by atoms with Crippen molar-refractivity contribution in [2.45, 2.75) is 31.1 Å². The highest BCUT2D eigenvalue weighted by atomic mass is 32.2. The number of nitrogens with zero attached hydrogens (tertiary/aromatic N) is 1. The van der Waals surface area contributed by atoms with Crippen LogP contribution in [0.1, 0.15) is 24.8 Å². The van der Waals surface area contributed by atoms with E-state index in [-0.39, 0.29) is 23.5 Å². The fraction of sp³-hybridized carbons (Fsp3) is 0.632. The van der Waals surface area contributed by atoms with Crippen molar-refractivity contribution >= 4 is 15.8 Å². The molecule has 3 rings (SSSR count). The molecule has 2 heterocycles. The molecule has 1 aromatic rings. The van der Waals surface area contributed by atoms with Gasteiger partial charge in [-0.25, -0.2) is 8.42 Å². The number of carbonyl (C=O) groups is 1. The van der Waals surface area contributed by atoms with E-state index < -0.39 is 21.7 Å². The van der Waals surface area contributed by atoms with Gasteiger partial charge in [-0.15, -0.1) is 0 Å². The average Bonchev–Trinajstić information content (AvgIpc) is 3.11. The topological polar surface area (TPSA) is 83.9 Å². The van der Waals surface area contributed by atoms with Gasteiger partial charge in [0.25, 0.3) is 0 Å². The first-order chi connectivity index (χ1) is 12.4. The third kappa shape index (κ3) is 5.05. The molecule has 144 valence electrons. The van der Waals surface area contributed by atoms with Gasteiger partial charge in [-0.1, -0.05) is 30.3 Å². The predicted molar refractivity (Wildman–Crippen MR) is 98.6 cm³/mol. The van der Waals surface area contributed by atoms with Crippen LogP contribution in [-0.2, 0) is 25.1 Å². The molecule has 0 amide bonds. The van der Waals surface area contributed by atoms with Crippen molar-refractivity contribution < 1.29 is 23.1 Å². The fourth-order valence-electron chi connectivity index (χ4n) is 4.01. The van der Waals surface area contributed by atoms with Gasteiger partial charge in [0.1, 0.15) is 0 Å². The van der Waals surface area contributed by atoms with Crippen LogP contribution in [0.3, 0.4) is 0 Å². The van der Waals surface area contributed by atoms with E-state index in [1.807, 2.05) is 30.3 Å². The SMILES string of the molecule is O=C(O)[C@@H]1CCO[C@H]1C1CCN(CCS(=O)(=O)Cc2ccccc2)CC1. The van der Waals surface area contributed by atoms with Gasteiger partial charge in [0, 0.05) is 13.2 Å². The van der Waals surface area contributed by atoms with Crippen LogP contribution in [0.5, 0.6) is 0 Å². The van der Waals surface area contributed by atoms with E-state index in [9.17, 15) is 18.3 Å². The lowest BCUT2D eigenvalue weighted by Crippen LogP contribution is -2.42. The van der Waals surface area contributed by atoms with Gasteiger partial charge < -0.3 is 14.7 Å². The summed E-state index contributed by atoms with van der Waals surface area (Å²) in [6.45, 7) is 2.67. The van der Waals surface area contributed by atoms with Crippen LogP contribution < -0.4 is 0 Å². The van der Waals surface area contributed by atoms with Crippen molar-refractivity contribution in [3.05, 3.63) is 35.9 Å². The zero-order valence-corrected chi connectivity index (χ0v) is 15.7. The molecule has 7 heteroatoms. The van der Waals surface area contributed by atoms with Crippen LogP contribution in [0.2, 0.25) is 0 Å². The minimum absolute atomic E-state index is 0.0838. The minimum Gasteiger partial charge on any atom is -0.481 e. The molecular weight excluding hydrogens is 354 g/mol. The highest BCUT2D eigenvalue weighted by Crippen LogP contribution is 2.33. The second-order valence-electron chi connectivity index (χ2n) is 7.33. The Bertz CT molecular complexity index is 698. The quantitative estimate of drug-likeness (QED) is 0.775. The number of aliphatic carboxylic acids is 1. The Hall–Kier alpha value is -1.44. The van der Waals surface area contributed by atoms with Crippen LogP contribution in [-0.4, -0.2) is 62.5 Å². The lowest BCUT2D eigenvalue weighted by atomic mass is 9.84. The predicted octanol–water partition coefficient (Wildman–Crippen LogP) is 1.80. The maximum Gasteiger partial charge on any atom is 0.309 e. The molecule has 2 saturated heterocycles. The maximum atomic E-state index is 12.3. The fourth-order valence-corrected chi connectivity index (χ4v) is 5.39. The molecule has 2 aliphatic rings. The molecule has 0 bridgehead atoms. The molecule has 0 saturated carbocycles. The van der Waals surface area contributed by atoms with Gasteiger partial charge in [-0.2, -0.15) is 0 Å². The minimum atomic E-state index is -3.13. The smallest absolute Gasteiger partial charge is 0.309 e. The number of ether oxygens (including phenoxy) is 1. The molecular formula is C19H27NO5S. The first kappa shape index (κ1) is 19.3. The number of likely N-dealkylation sites (tertiary alicyclic amines) is 1. The standard InChI is InChI=1S/C19H27NO5S/c21-19(22)17-8-12-25-18(17)16-6-9-20(10-7-16)11-13-26(23,24)14-15-4-2-1-3-5-15/h1-5,16-18H,6-14H2,(H,21,22)/t17-,18+/m1/s1. The summed E-state index contributed by atoms with van der Waals surface area (Å²) in [6.07, 6.45) is 2.15. The van der Waals surface area contributed by atoms with Gasteiger partial charge in [-0.05, 0) is 43.8 Å². The number of piperidine rings is 1. The number of carboxylic acids is 1. The van der Waals surface area contributed by atoms with Crippen LogP contribution >= 0.6 is 0 Å². The molecule has 0 aromatic heterocycles. The number of hydrogen-bond acceptors (Lipinski definition) is 5. The van der Waals surface area contributed by atoms with Crippen LogP contribution in [0.15, 0.2) is 30.3 Å². The third-order valence-electron chi connectivity index (χ3n) is 5.50. The Balaban J connectivity index is 1.45. The molecule has 26 heavy (non-hydrogen) atoms. The molecule has 0 unspecified atom stereocenters. The van der Waals surface area contributed by atoms with Crippen LogP contribution in [0, 0.1) is 11.8 Å². The monoisotopic (exact) mass is 381 g/mol. The Morgan fingerprint density at radius 3 is 2.50 bits per heavy atom. The van der Waals surface area contributed by atoms with Crippen molar-refractivity contribution in [1.82, 2.24) is 4.90 Å². The molecule has 2 atom stereocenters. The lowest BCUT2D eigenvalue weighted by molar-refractivity contribution is -0.145. The first-order valence-electron chi connectivity index (χ1n) is 9.26. The van der Waals surface area contributed by atoms with Crippen molar-refractivity contribution in [2.24, 2.45) is 11.8 Å². The van der Waals surface area contributed by atoms with Gasteiger partial charge in [0.05, 0.1) is 23.5 Å². The van der Waals surface area contributed by atoms with Gasteiger partial charge >= 0.3 is 5.97 Å². The number of rotatable bonds is 7. The Morgan fingerprint density at radius 1 is 1.15 bits per heavy atom. The molecule has 2 fully saturated rings. The summed E-state index contributed by atoms with van der Waals surface area (Å²) < 4.78 is 30.3. The number of carboxylic acid groups (broad SMARTS) is 1. The molecule has 6 nitrogen and oxygen atoms in total. The van der Waals surface area contributed by atoms with Gasteiger partial charge in [0.2, 0.25) is 0 Å². The molecule has 1 aromatic carbocycles. The zero-order valence-electron chi connectivity index (χ0n) is 14.9. The molecule has 0 radical (unpaired) electrons. The second-order valence-corrected chi connectivity index (χ2v) is 9.51. The average molecular weight is 381 g/mol. The summed E-state index contributed by atoms with van der Waals surface area (Å²) in [6, 6.07) is 9.26. The van der Waals surface area contributed by atoms with E-state index in [2.05, 4.69) is 4.90 Å². The summed E-state index contributed by atoms with van der Waals surface area (Å²) >= 11 is 0. The number of benzene rings is 1. The summed E-state index contributed by atoms with van der Waals surface area (Å²) in [5.41, 5.74) is 0.823. The molecule has 0 spiro atoms. The highest BCUT2D eigenvalue weighted by Gasteiger charge is 2.40. The van der Waals surface area contributed by atoms with Gasteiger partial charge in [0.15, 0.2) is 9.84 Å². The van der Waals surface area contributed by atoms with Crippen molar-refractivity contribution in [3.63, 3.8) is 0 Å². The second kappa shape index (κ2) is 8.50. The summed E-state index contributed by atoms with van der Waals surface area (Å²) in [5, 5.41) is 9.30. The molecule has 2 aliphatic heterocycles. The maximum absolute atomic E-state index is 12.3. The summed E-state index contributed by atoms with van der Waals surface area (Å²) in [7, 11) is -3.13. The van der Waals surface area contributed by atoms with E-state index in [1.54, 1.807) is 0 Å². The van der Waals surface area contributed by atoms with E-state index in [0.717, 1.165) is 31.5 Å². The van der Waals surface area contributed by atoms with Crippen LogP contribution in [0.25, 0.3) is 0 Å². The molecule has 0 aliphatic carbocycles. The summed E-state index contributed by atoms with van der Waals surface area (Å²) in [5.74, 6) is -0.652. The largest absolute Gasteiger partial charge is 0.481 e. The lowest BCUT2D eigenvalue weighted by Gasteiger charge is -2.35. The van der Waals surface area contributed by atoms with E-state index in [1.165, 1.54) is 0 Å². The Labute approximate surface area is 155 Å². The third-order valence-corrected chi connectivity index (χ3v) is 7.08. The van der Waals surface area contributed by atoms with E-state index in [4.69, 9.17) is 4.74 Å². The molecule has 1 N–H and O–H groups in total. The first-order valence-corrected chi connectivity index (χ1v) is 11.1. The van der Waals surface area contributed by atoms with Crippen molar-refractivity contribution in [2.75, 3.05) is 32.0 Å². The summed E-state index contributed by atoms with van der Waals surface area (Å²) in [4.78, 5) is 13.5. The Kier molecular flexibility index (Phi) is 6.32. The van der Waals surface area contributed by atoms with Crippen molar-refractivity contribution in [3.8, 4) is 0 Å². The normalized spacial score (nSPS) is 25.4. The van der Waals surface area contributed by atoms with E-state index in [0.29, 0.717) is 19.6 Å². The Morgan fingerprint density at radius 2 is 1.85 bits per heavy atom. The van der Waals surface area contributed by atoms with Gasteiger partial charge in [-0.3, -0.25) is 4.79 Å². The van der Waals surface area contributed by atoms with E-state index >= 15 is 0 Å². The highest BCUT2D eigenvalue weighted by molar-refractivity contribution is 7.90. The zero-order chi connectivity index (χ0) is 18.6. The van der Waals surface area contributed by atoms with Crippen molar-refractivity contribution in [1.29, 1.82) is 0 Å². The van der Waals surface area contributed by atoms with Crippen LogP contribution in [0.4, 0.5) is 0 Å².